The minimum Gasteiger partial charge on any atom is -0.469 e. The minimum atomic E-state index is -0.00657. The SMILES string of the molecule is Cc1cc2c(cc1N1c3c(oc4cc5c(cc34)C(C)(C)CCC5(C)C)[B]c3c(-c4c(Nc5ccc(-c6ccccc6)cc5)ccc5ccccc45)cc4c(oc5ccccc54)c31)C(C)(C)CCC2(C)C. The molecule has 3 aliphatic rings. The first-order valence-corrected chi connectivity index (χ1v) is 25.4. The van der Waals surface area contributed by atoms with Gasteiger partial charge in [0.1, 0.15) is 11.2 Å². The van der Waals surface area contributed by atoms with Crippen LogP contribution in [0.15, 0.2) is 154 Å². The van der Waals surface area contributed by atoms with Crippen LogP contribution in [0.1, 0.15) is 109 Å². The average molecular weight is 912 g/mol. The molecule has 345 valence electrons. The summed E-state index contributed by atoms with van der Waals surface area (Å²) in [7, 11) is 2.33. The molecule has 1 aliphatic heterocycles. The Bertz CT molecular complexity index is 3790. The molecule has 1 radical (unpaired) electrons. The number of hydrogen-bond donors (Lipinski definition) is 1. The zero-order valence-corrected chi connectivity index (χ0v) is 42.0. The fraction of sp³-hybridized carbons (Fsp3) is 0.262. The highest BCUT2D eigenvalue weighted by Crippen LogP contribution is 2.55. The van der Waals surface area contributed by atoms with Gasteiger partial charge in [0.15, 0.2) is 5.58 Å². The molecule has 0 fully saturated rings. The molecule has 0 atom stereocenters. The Labute approximate surface area is 413 Å². The van der Waals surface area contributed by atoms with Crippen LogP contribution in [0.5, 0.6) is 0 Å². The maximum atomic E-state index is 7.33. The minimum absolute atomic E-state index is 0.00657. The molecule has 0 bridgehead atoms. The zero-order chi connectivity index (χ0) is 48.1. The van der Waals surface area contributed by atoms with Crippen LogP contribution in [-0.2, 0) is 21.7 Å². The lowest BCUT2D eigenvalue weighted by Crippen LogP contribution is -2.41. The molecular weight excluding hydrogens is 852 g/mol. The van der Waals surface area contributed by atoms with E-state index in [0.717, 1.165) is 109 Å². The molecule has 0 spiro atoms. The van der Waals surface area contributed by atoms with Gasteiger partial charge in [0.25, 0.3) is 0 Å². The summed E-state index contributed by atoms with van der Waals surface area (Å²) in [5.74, 6) is 0. The third-order valence-corrected chi connectivity index (χ3v) is 16.9. The molecule has 10 aromatic rings. The lowest BCUT2D eigenvalue weighted by atomic mass is 9.60. The topological polar surface area (TPSA) is 41.6 Å². The smallest absolute Gasteiger partial charge is 0.247 e. The second kappa shape index (κ2) is 15.0. The number of fused-ring (bicyclic) bond motifs is 11. The van der Waals surface area contributed by atoms with Gasteiger partial charge in [-0.15, -0.1) is 0 Å². The molecule has 13 rings (SSSR count). The van der Waals surface area contributed by atoms with Crippen LogP contribution in [0.3, 0.4) is 0 Å². The Morgan fingerprint density at radius 3 is 1.81 bits per heavy atom. The number of benzene rings is 8. The van der Waals surface area contributed by atoms with Crippen molar-refractivity contribution in [1.82, 2.24) is 0 Å². The third-order valence-electron chi connectivity index (χ3n) is 16.9. The summed E-state index contributed by atoms with van der Waals surface area (Å²) >= 11 is 0. The van der Waals surface area contributed by atoms with E-state index in [9.17, 15) is 0 Å². The van der Waals surface area contributed by atoms with Gasteiger partial charge in [-0.3, -0.25) is 0 Å². The van der Waals surface area contributed by atoms with E-state index in [2.05, 4.69) is 225 Å². The number of nitrogens with one attached hydrogen (secondary N) is 1. The van der Waals surface area contributed by atoms with Gasteiger partial charge in [0.2, 0.25) is 7.28 Å². The van der Waals surface area contributed by atoms with E-state index in [4.69, 9.17) is 8.83 Å². The third kappa shape index (κ3) is 6.49. The fourth-order valence-electron chi connectivity index (χ4n) is 12.6. The van der Waals surface area contributed by atoms with E-state index < -0.39 is 0 Å². The number of anilines is 5. The van der Waals surface area contributed by atoms with Crippen LogP contribution in [0, 0.1) is 6.92 Å². The quantitative estimate of drug-likeness (QED) is 0.175. The van der Waals surface area contributed by atoms with E-state index in [1.165, 1.54) is 49.7 Å². The first kappa shape index (κ1) is 43.1. The van der Waals surface area contributed by atoms with E-state index in [0.29, 0.717) is 0 Å². The highest BCUT2D eigenvalue weighted by Gasteiger charge is 2.43. The Hall–Kier alpha value is -6.98. The molecule has 3 heterocycles. The maximum absolute atomic E-state index is 7.33. The molecule has 5 heteroatoms. The predicted octanol–water partition coefficient (Wildman–Crippen LogP) is 17.0. The van der Waals surface area contributed by atoms with E-state index in [1.807, 2.05) is 0 Å². The van der Waals surface area contributed by atoms with Crippen LogP contribution in [0.25, 0.3) is 65.9 Å². The van der Waals surface area contributed by atoms with Crippen molar-refractivity contribution < 1.29 is 8.83 Å². The summed E-state index contributed by atoms with van der Waals surface area (Å²) in [6, 6.07) is 53.6. The lowest BCUT2D eigenvalue weighted by molar-refractivity contribution is 0.332. The van der Waals surface area contributed by atoms with Gasteiger partial charge in [0, 0.05) is 38.8 Å². The van der Waals surface area contributed by atoms with Crippen molar-refractivity contribution in [3.05, 3.63) is 173 Å². The summed E-state index contributed by atoms with van der Waals surface area (Å²) in [5, 5.41) is 9.61. The molecule has 2 aromatic heterocycles. The van der Waals surface area contributed by atoms with Gasteiger partial charge in [0.05, 0.1) is 17.0 Å². The number of nitrogens with zero attached hydrogens (tertiary/aromatic N) is 1. The van der Waals surface area contributed by atoms with Crippen molar-refractivity contribution in [2.45, 2.75) is 110 Å². The first-order valence-electron chi connectivity index (χ1n) is 25.4. The summed E-state index contributed by atoms with van der Waals surface area (Å²) in [6.45, 7) is 21.7. The summed E-state index contributed by atoms with van der Waals surface area (Å²) in [5.41, 5.74) is 21.6. The molecule has 0 amide bonds. The maximum Gasteiger partial charge on any atom is 0.247 e. The second-order valence-corrected chi connectivity index (χ2v) is 23.3. The molecule has 4 nitrogen and oxygen atoms in total. The van der Waals surface area contributed by atoms with Crippen LogP contribution < -0.4 is 21.3 Å². The number of hydrogen-bond acceptors (Lipinski definition) is 4. The van der Waals surface area contributed by atoms with E-state index in [1.54, 1.807) is 0 Å². The van der Waals surface area contributed by atoms with Crippen LogP contribution in [0.4, 0.5) is 28.4 Å². The van der Waals surface area contributed by atoms with Crippen molar-refractivity contribution in [3.8, 4) is 22.3 Å². The van der Waals surface area contributed by atoms with Crippen LogP contribution in [-0.4, -0.2) is 7.28 Å². The first-order chi connectivity index (χ1) is 33.6. The van der Waals surface area contributed by atoms with Gasteiger partial charge in [-0.25, -0.2) is 0 Å². The summed E-state index contributed by atoms with van der Waals surface area (Å²) in [6.07, 6.45) is 4.55. The van der Waals surface area contributed by atoms with Crippen molar-refractivity contribution in [3.63, 3.8) is 0 Å². The van der Waals surface area contributed by atoms with Gasteiger partial charge >= 0.3 is 0 Å². The number of furan rings is 2. The standard InChI is InChI=1S/C65H60BN2O2/c1-38-33-48-50(64(6,7)31-29-62(48,2)3)36-53(38)68-58-46-35-49-51(65(8,9)32-30-63(49,4)5)37-55(46)70-61(58)66-57-47(34-45-44-21-15-16-22-54(44)69-60(45)59(57)68)56-43-20-14-13-19-41(43)25-28-52(56)67-42-26-23-40(24-27-42)39-17-11-10-12-18-39/h10-28,33-37,67H,29-32H2,1-9H3. The van der Waals surface area contributed by atoms with E-state index >= 15 is 0 Å². The van der Waals surface area contributed by atoms with Crippen molar-refractivity contribution >= 4 is 90.5 Å². The largest absolute Gasteiger partial charge is 0.469 e. The van der Waals surface area contributed by atoms with Crippen LogP contribution in [0.2, 0.25) is 0 Å². The highest BCUT2D eigenvalue weighted by atomic mass is 16.3. The molecule has 8 aromatic carbocycles. The van der Waals surface area contributed by atoms with Gasteiger partial charge in [-0.2, -0.15) is 0 Å². The molecule has 2 aliphatic carbocycles. The van der Waals surface area contributed by atoms with Crippen LogP contribution >= 0.6 is 0 Å². The van der Waals surface area contributed by atoms with E-state index in [-0.39, 0.29) is 21.7 Å². The molecule has 0 saturated carbocycles. The Morgan fingerprint density at radius 1 is 0.500 bits per heavy atom. The molecule has 0 saturated heterocycles. The van der Waals surface area contributed by atoms with Gasteiger partial charge in [-0.05, 0) is 164 Å². The van der Waals surface area contributed by atoms with Gasteiger partial charge < -0.3 is 19.1 Å². The molecule has 1 N–H and O–H groups in total. The second-order valence-electron chi connectivity index (χ2n) is 23.3. The Kier molecular flexibility index (Phi) is 9.24. The normalized spacial score (nSPS) is 17.2. The molecular formula is C65H60BN2O2. The number of rotatable bonds is 5. The zero-order valence-electron chi connectivity index (χ0n) is 42.0. The Balaban J connectivity index is 1.13. The van der Waals surface area contributed by atoms with Crippen molar-refractivity contribution in [2.24, 2.45) is 0 Å². The van der Waals surface area contributed by atoms with Crippen molar-refractivity contribution in [1.29, 1.82) is 0 Å². The number of aryl methyl sites for hydroxylation is 1. The predicted molar refractivity (Wildman–Crippen MR) is 297 cm³/mol. The average Bonchev–Trinajstić information content (AvgIpc) is 3.91. The van der Waals surface area contributed by atoms with Gasteiger partial charge in [-0.1, -0.05) is 152 Å². The van der Waals surface area contributed by atoms with Crippen molar-refractivity contribution in [2.75, 3.05) is 10.2 Å². The molecule has 70 heavy (non-hydrogen) atoms. The number of para-hydroxylation sites is 1. The summed E-state index contributed by atoms with van der Waals surface area (Å²) in [4.78, 5) is 2.56. The lowest BCUT2D eigenvalue weighted by Gasteiger charge is -2.43. The monoisotopic (exact) mass is 911 g/mol. The fourth-order valence-corrected chi connectivity index (χ4v) is 12.6. The molecule has 0 unspecified atom stereocenters. The Morgan fingerprint density at radius 2 is 1.10 bits per heavy atom. The highest BCUT2D eigenvalue weighted by molar-refractivity contribution is 6.73. The summed E-state index contributed by atoms with van der Waals surface area (Å²) < 4.78 is 14.6.